The third-order valence-electron chi connectivity index (χ3n) is 4.96. The first kappa shape index (κ1) is 31.3. The van der Waals surface area contributed by atoms with E-state index >= 15 is 0 Å². The highest BCUT2D eigenvalue weighted by molar-refractivity contribution is 6.03. The third kappa shape index (κ3) is 14.2. The molecule has 5 N–H and O–H groups in total. The van der Waals surface area contributed by atoms with Crippen LogP contribution in [0.5, 0.6) is 0 Å². The Morgan fingerprint density at radius 2 is 1.34 bits per heavy atom. The Morgan fingerprint density at radius 1 is 0.771 bits per heavy atom. The first-order valence-corrected chi connectivity index (χ1v) is 11.3. The van der Waals surface area contributed by atoms with E-state index in [0.717, 1.165) is 43.4 Å². The molecular formula is C25H34O10. The number of unbranched alkanes of at least 4 members (excludes halogenated alkanes) is 5. The maximum atomic E-state index is 10.8. The summed E-state index contributed by atoms with van der Waals surface area (Å²) in [5.41, 5.74) is -1.24. The van der Waals surface area contributed by atoms with Gasteiger partial charge in [0.25, 0.3) is 0 Å². The normalized spacial score (nSPS) is 11.5. The van der Waals surface area contributed by atoms with E-state index in [1.54, 1.807) is 6.08 Å². The summed E-state index contributed by atoms with van der Waals surface area (Å²) >= 11 is 0. The van der Waals surface area contributed by atoms with E-state index in [0.29, 0.717) is 0 Å². The van der Waals surface area contributed by atoms with Gasteiger partial charge >= 0.3 is 29.8 Å². The van der Waals surface area contributed by atoms with Gasteiger partial charge in [0.15, 0.2) is 0 Å². The van der Waals surface area contributed by atoms with Crippen molar-refractivity contribution in [2.45, 2.75) is 65.2 Å². The van der Waals surface area contributed by atoms with Crippen molar-refractivity contribution < 1.29 is 49.5 Å². The molecule has 1 aromatic rings. The van der Waals surface area contributed by atoms with Gasteiger partial charge in [-0.1, -0.05) is 58.1 Å². The average molecular weight is 495 g/mol. The molecule has 0 saturated carbocycles. The summed E-state index contributed by atoms with van der Waals surface area (Å²) in [4.78, 5) is 53.1. The SMILES string of the molecule is CC(C)CCCCCCCC=CC(CC(=O)O)C(=O)O.O=C(O)c1ccc(C(=O)O)c(C(=O)O)c1. The molecule has 0 aliphatic heterocycles. The van der Waals surface area contributed by atoms with Gasteiger partial charge in [-0.25, -0.2) is 14.4 Å². The molecule has 0 radical (unpaired) electrons. The number of hydrogen-bond acceptors (Lipinski definition) is 5. The van der Waals surface area contributed by atoms with Crippen LogP contribution in [-0.4, -0.2) is 55.4 Å². The lowest BCUT2D eigenvalue weighted by Crippen LogP contribution is -2.15. The van der Waals surface area contributed by atoms with Crippen LogP contribution in [0.2, 0.25) is 0 Å². The van der Waals surface area contributed by atoms with Gasteiger partial charge in [0, 0.05) is 0 Å². The number of aromatic carboxylic acids is 3. The van der Waals surface area contributed by atoms with Crippen molar-refractivity contribution in [2.75, 3.05) is 0 Å². The zero-order chi connectivity index (χ0) is 27.0. The van der Waals surface area contributed by atoms with Crippen molar-refractivity contribution in [2.24, 2.45) is 11.8 Å². The van der Waals surface area contributed by atoms with Gasteiger partial charge < -0.3 is 25.5 Å². The largest absolute Gasteiger partial charge is 0.481 e. The van der Waals surface area contributed by atoms with Crippen molar-refractivity contribution in [3.05, 3.63) is 47.0 Å². The number of rotatable bonds is 15. The summed E-state index contributed by atoms with van der Waals surface area (Å²) in [6.45, 7) is 4.47. The summed E-state index contributed by atoms with van der Waals surface area (Å²) in [6, 6.07) is 2.81. The molecular weight excluding hydrogens is 460 g/mol. The minimum atomic E-state index is -1.48. The van der Waals surface area contributed by atoms with Crippen molar-refractivity contribution in [3.63, 3.8) is 0 Å². The van der Waals surface area contributed by atoms with Crippen LogP contribution in [0.4, 0.5) is 0 Å². The predicted octanol–water partition coefficient (Wildman–Crippen LogP) is 4.89. The Labute approximate surface area is 203 Å². The lowest BCUT2D eigenvalue weighted by Gasteiger charge is -2.04. The molecule has 1 aromatic carbocycles. The summed E-state index contributed by atoms with van der Waals surface area (Å²) in [5, 5.41) is 43.3. The highest BCUT2D eigenvalue weighted by Gasteiger charge is 2.18. The maximum Gasteiger partial charge on any atom is 0.336 e. The lowest BCUT2D eigenvalue weighted by molar-refractivity contribution is -0.146. The molecule has 0 aliphatic carbocycles. The van der Waals surface area contributed by atoms with Crippen molar-refractivity contribution in [3.8, 4) is 0 Å². The highest BCUT2D eigenvalue weighted by atomic mass is 16.4. The topological polar surface area (TPSA) is 186 Å². The summed E-state index contributed by atoms with van der Waals surface area (Å²) in [6.07, 6.45) is 11.0. The van der Waals surface area contributed by atoms with Crippen LogP contribution in [0.15, 0.2) is 30.4 Å². The number of benzene rings is 1. The lowest BCUT2D eigenvalue weighted by atomic mass is 10.0. The predicted molar refractivity (Wildman–Crippen MR) is 127 cm³/mol. The second kappa shape index (κ2) is 16.9. The Kier molecular flexibility index (Phi) is 15.1. The fraction of sp³-hybridized carbons (Fsp3) is 0.480. The minimum Gasteiger partial charge on any atom is -0.481 e. The summed E-state index contributed by atoms with van der Waals surface area (Å²) in [5.74, 6) is -6.47. The maximum absolute atomic E-state index is 10.8. The van der Waals surface area contributed by atoms with Crippen LogP contribution in [0, 0.1) is 11.8 Å². The van der Waals surface area contributed by atoms with Gasteiger partial charge in [-0.15, -0.1) is 0 Å². The van der Waals surface area contributed by atoms with E-state index in [9.17, 15) is 24.0 Å². The molecule has 0 aliphatic rings. The van der Waals surface area contributed by atoms with Crippen molar-refractivity contribution in [1.82, 2.24) is 0 Å². The smallest absolute Gasteiger partial charge is 0.336 e. The fourth-order valence-corrected chi connectivity index (χ4v) is 3.07. The minimum absolute atomic E-state index is 0.266. The summed E-state index contributed by atoms with van der Waals surface area (Å²) in [7, 11) is 0. The monoisotopic (exact) mass is 494 g/mol. The van der Waals surface area contributed by atoms with E-state index in [-0.39, 0.29) is 12.0 Å². The van der Waals surface area contributed by atoms with E-state index in [1.165, 1.54) is 31.8 Å². The molecule has 35 heavy (non-hydrogen) atoms. The quantitative estimate of drug-likeness (QED) is 0.166. The van der Waals surface area contributed by atoms with Crippen LogP contribution in [0.1, 0.15) is 96.3 Å². The second-order valence-corrected chi connectivity index (χ2v) is 8.39. The van der Waals surface area contributed by atoms with Gasteiger partial charge in [0.1, 0.15) is 0 Å². The molecule has 0 heterocycles. The molecule has 0 spiro atoms. The molecule has 0 bridgehead atoms. The molecule has 0 fully saturated rings. The Balaban J connectivity index is 0.000000686. The van der Waals surface area contributed by atoms with Gasteiger partial charge in [-0.05, 0) is 37.0 Å². The molecule has 194 valence electrons. The van der Waals surface area contributed by atoms with Gasteiger partial charge in [0.2, 0.25) is 0 Å². The number of aliphatic carboxylic acids is 2. The zero-order valence-electron chi connectivity index (χ0n) is 20.0. The van der Waals surface area contributed by atoms with E-state index in [4.69, 9.17) is 25.5 Å². The molecule has 1 unspecified atom stereocenters. The van der Waals surface area contributed by atoms with Crippen LogP contribution in [-0.2, 0) is 9.59 Å². The van der Waals surface area contributed by atoms with E-state index < -0.39 is 46.9 Å². The second-order valence-electron chi connectivity index (χ2n) is 8.39. The molecule has 1 rings (SSSR count). The zero-order valence-corrected chi connectivity index (χ0v) is 20.0. The highest BCUT2D eigenvalue weighted by Crippen LogP contribution is 2.14. The first-order chi connectivity index (χ1) is 16.4. The number of carbonyl (C=O) groups is 5. The number of allylic oxidation sites excluding steroid dienone is 1. The fourth-order valence-electron chi connectivity index (χ4n) is 3.07. The molecule has 0 saturated heterocycles. The van der Waals surface area contributed by atoms with Gasteiger partial charge in [-0.3, -0.25) is 9.59 Å². The Bertz CT molecular complexity index is 902. The first-order valence-electron chi connectivity index (χ1n) is 11.3. The van der Waals surface area contributed by atoms with Crippen LogP contribution < -0.4 is 0 Å². The molecule has 0 aromatic heterocycles. The molecule has 0 amide bonds. The van der Waals surface area contributed by atoms with Crippen molar-refractivity contribution >= 4 is 29.8 Å². The van der Waals surface area contributed by atoms with E-state index in [1.807, 2.05) is 0 Å². The Hall–Kier alpha value is -3.69. The van der Waals surface area contributed by atoms with Crippen LogP contribution in [0.25, 0.3) is 0 Å². The van der Waals surface area contributed by atoms with Crippen LogP contribution >= 0.6 is 0 Å². The number of hydrogen-bond donors (Lipinski definition) is 5. The third-order valence-corrected chi connectivity index (χ3v) is 4.96. The van der Waals surface area contributed by atoms with Crippen molar-refractivity contribution in [1.29, 1.82) is 0 Å². The van der Waals surface area contributed by atoms with E-state index in [2.05, 4.69) is 13.8 Å². The van der Waals surface area contributed by atoms with Gasteiger partial charge in [0.05, 0.1) is 29.0 Å². The molecule has 10 heteroatoms. The number of carboxylic acid groups (broad SMARTS) is 5. The standard InChI is InChI=1S/C16H28O4.C9H6O6/c1-13(2)10-8-6-4-3-5-7-9-11-14(16(19)20)12-15(17)18;10-7(11)4-1-2-5(8(12)13)6(3-4)9(14)15/h9,11,13-14H,3-8,10,12H2,1-2H3,(H,17,18)(H,19,20);1-3H,(H,10,11)(H,12,13)(H,14,15). The summed E-state index contributed by atoms with van der Waals surface area (Å²) < 4.78 is 0. The Morgan fingerprint density at radius 3 is 1.83 bits per heavy atom. The molecule has 10 nitrogen and oxygen atoms in total. The van der Waals surface area contributed by atoms with Crippen LogP contribution in [0.3, 0.4) is 0 Å². The van der Waals surface area contributed by atoms with Gasteiger partial charge in [-0.2, -0.15) is 0 Å². The number of carboxylic acids is 5. The average Bonchev–Trinajstić information content (AvgIpc) is 2.76. The molecule has 1 atom stereocenters.